The third-order valence-corrected chi connectivity index (χ3v) is 3.13. The summed E-state index contributed by atoms with van der Waals surface area (Å²) in [6.07, 6.45) is 1.53. The fourth-order valence-corrected chi connectivity index (χ4v) is 1.50. The summed E-state index contributed by atoms with van der Waals surface area (Å²) in [5.74, 6) is -0.930. The second-order valence-corrected chi connectivity index (χ2v) is 4.23. The molecule has 102 valence electrons. The number of carbonyl (C=O) groups is 1. The molecule has 5 heteroatoms. The molecule has 3 N–H and O–H groups in total. The summed E-state index contributed by atoms with van der Waals surface area (Å²) >= 11 is 0. The topological polar surface area (TPSA) is 55.1 Å². The van der Waals surface area contributed by atoms with E-state index >= 15 is 0 Å². The van der Waals surface area contributed by atoms with E-state index in [4.69, 9.17) is 5.73 Å². The summed E-state index contributed by atoms with van der Waals surface area (Å²) in [7, 11) is 0. The van der Waals surface area contributed by atoms with Crippen LogP contribution in [-0.4, -0.2) is 18.0 Å². The molecule has 0 saturated carbocycles. The summed E-state index contributed by atoms with van der Waals surface area (Å²) in [5, 5.41) is 2.68. The third kappa shape index (κ3) is 4.27. The smallest absolute Gasteiger partial charge is 0.254 e. The largest absolute Gasteiger partial charge is 0.350 e. The molecule has 0 spiro atoms. The molecular weight excluding hydrogens is 255 g/mol. The Morgan fingerprint density at radius 3 is 2.39 bits per heavy atom. The number of hydrogen-bond donors (Lipinski definition) is 2. The van der Waals surface area contributed by atoms with Crippen molar-refractivity contribution < 1.29 is 9.18 Å². The van der Waals surface area contributed by atoms with Gasteiger partial charge < -0.3 is 11.1 Å². The number of amides is 1. The van der Waals surface area contributed by atoms with Gasteiger partial charge in [0.2, 0.25) is 0 Å². The Bertz CT molecular complexity index is 394. The van der Waals surface area contributed by atoms with Crippen molar-refractivity contribution in [2.75, 3.05) is 6.54 Å². The molecule has 0 aliphatic rings. The van der Waals surface area contributed by atoms with Gasteiger partial charge in [0.1, 0.15) is 5.82 Å². The van der Waals surface area contributed by atoms with Crippen molar-refractivity contribution >= 4 is 18.3 Å². The molecule has 0 heterocycles. The highest BCUT2D eigenvalue weighted by Crippen LogP contribution is 2.11. The van der Waals surface area contributed by atoms with E-state index in [0.717, 1.165) is 12.8 Å². The standard InChI is InChI=1S/C13H19FN2O.ClH/c1-3-13(15,4-2)9-16-12(17)10-7-5-6-8-11(10)14;/h5-8H,3-4,9,15H2,1-2H3,(H,16,17);1H. The molecule has 0 atom stereocenters. The van der Waals surface area contributed by atoms with Gasteiger partial charge in [-0.3, -0.25) is 4.79 Å². The molecule has 0 radical (unpaired) electrons. The maximum absolute atomic E-state index is 13.3. The first-order valence-corrected chi connectivity index (χ1v) is 5.84. The fourth-order valence-electron chi connectivity index (χ4n) is 1.50. The van der Waals surface area contributed by atoms with E-state index in [-0.39, 0.29) is 18.0 Å². The normalized spacial score (nSPS) is 10.7. The van der Waals surface area contributed by atoms with E-state index in [2.05, 4.69) is 5.32 Å². The number of nitrogens with two attached hydrogens (primary N) is 1. The van der Waals surface area contributed by atoms with Gasteiger partial charge in [-0.2, -0.15) is 0 Å². The van der Waals surface area contributed by atoms with Crippen LogP contribution in [0, 0.1) is 5.82 Å². The molecule has 1 aromatic rings. The van der Waals surface area contributed by atoms with Crippen molar-refractivity contribution in [3.8, 4) is 0 Å². The van der Waals surface area contributed by atoms with E-state index in [9.17, 15) is 9.18 Å². The van der Waals surface area contributed by atoms with E-state index in [1.165, 1.54) is 12.1 Å². The minimum absolute atomic E-state index is 0. The number of hydrogen-bond acceptors (Lipinski definition) is 2. The molecule has 0 aliphatic carbocycles. The number of benzene rings is 1. The van der Waals surface area contributed by atoms with Gasteiger partial charge in [0.25, 0.3) is 5.91 Å². The molecular formula is C13H20ClFN2O. The average molecular weight is 275 g/mol. The van der Waals surface area contributed by atoms with Gasteiger partial charge in [0.05, 0.1) is 5.56 Å². The van der Waals surface area contributed by atoms with Crippen LogP contribution < -0.4 is 11.1 Å². The Balaban J connectivity index is 0.00000289. The SMILES string of the molecule is CCC(N)(CC)CNC(=O)c1ccccc1F.Cl. The van der Waals surface area contributed by atoms with Crippen LogP contribution in [-0.2, 0) is 0 Å². The molecule has 0 saturated heterocycles. The van der Waals surface area contributed by atoms with Crippen LogP contribution in [0.25, 0.3) is 0 Å². The average Bonchev–Trinajstić information content (AvgIpc) is 2.36. The summed E-state index contributed by atoms with van der Waals surface area (Å²) in [4.78, 5) is 11.7. The molecule has 0 bridgehead atoms. The molecule has 0 unspecified atom stereocenters. The van der Waals surface area contributed by atoms with Crippen molar-refractivity contribution in [1.82, 2.24) is 5.32 Å². The summed E-state index contributed by atoms with van der Waals surface area (Å²) in [5.41, 5.74) is 5.69. The zero-order valence-corrected chi connectivity index (χ0v) is 11.5. The van der Waals surface area contributed by atoms with Gasteiger partial charge >= 0.3 is 0 Å². The highest BCUT2D eigenvalue weighted by molar-refractivity contribution is 5.94. The third-order valence-electron chi connectivity index (χ3n) is 3.13. The minimum Gasteiger partial charge on any atom is -0.350 e. The molecule has 3 nitrogen and oxygen atoms in total. The first kappa shape index (κ1) is 16.9. The van der Waals surface area contributed by atoms with Crippen LogP contribution >= 0.6 is 12.4 Å². The van der Waals surface area contributed by atoms with Gasteiger partial charge in [-0.15, -0.1) is 12.4 Å². The highest BCUT2D eigenvalue weighted by Gasteiger charge is 2.21. The van der Waals surface area contributed by atoms with Crippen molar-refractivity contribution in [2.45, 2.75) is 32.2 Å². The van der Waals surface area contributed by atoms with E-state index in [0.29, 0.717) is 6.54 Å². The maximum atomic E-state index is 13.3. The van der Waals surface area contributed by atoms with Crippen LogP contribution in [0.3, 0.4) is 0 Å². The monoisotopic (exact) mass is 274 g/mol. The lowest BCUT2D eigenvalue weighted by Crippen LogP contribution is -2.49. The van der Waals surface area contributed by atoms with Gasteiger partial charge in [-0.05, 0) is 25.0 Å². The lowest BCUT2D eigenvalue weighted by Gasteiger charge is -2.26. The molecule has 18 heavy (non-hydrogen) atoms. The number of carbonyl (C=O) groups excluding carboxylic acids is 1. The van der Waals surface area contributed by atoms with Crippen molar-refractivity contribution in [3.05, 3.63) is 35.6 Å². The molecule has 1 amide bonds. The van der Waals surface area contributed by atoms with E-state index in [1.54, 1.807) is 12.1 Å². The zero-order valence-electron chi connectivity index (χ0n) is 10.7. The Hall–Kier alpha value is -1.13. The molecule has 0 aliphatic heterocycles. The Morgan fingerprint density at radius 1 is 1.33 bits per heavy atom. The van der Waals surface area contributed by atoms with Gasteiger partial charge in [0, 0.05) is 12.1 Å². The second kappa shape index (κ2) is 7.34. The van der Waals surface area contributed by atoms with Crippen LogP contribution in [0.15, 0.2) is 24.3 Å². The minimum atomic E-state index is -0.513. The van der Waals surface area contributed by atoms with Crippen LogP contribution in [0.4, 0.5) is 4.39 Å². The van der Waals surface area contributed by atoms with Crippen LogP contribution in [0.2, 0.25) is 0 Å². The Morgan fingerprint density at radius 2 is 1.89 bits per heavy atom. The summed E-state index contributed by atoms with van der Waals surface area (Å²) in [6.45, 7) is 4.30. The first-order valence-electron chi connectivity index (χ1n) is 5.84. The van der Waals surface area contributed by atoms with Crippen molar-refractivity contribution in [1.29, 1.82) is 0 Å². The van der Waals surface area contributed by atoms with Gasteiger partial charge in [0.15, 0.2) is 0 Å². The van der Waals surface area contributed by atoms with Crippen LogP contribution in [0.5, 0.6) is 0 Å². The summed E-state index contributed by atoms with van der Waals surface area (Å²) in [6, 6.07) is 5.91. The predicted octanol–water partition coefficient (Wildman–Crippen LogP) is 2.49. The number of halogens is 2. The molecule has 0 aromatic heterocycles. The zero-order chi connectivity index (χ0) is 12.9. The number of rotatable bonds is 5. The maximum Gasteiger partial charge on any atom is 0.254 e. The first-order chi connectivity index (χ1) is 8.02. The fraction of sp³-hybridized carbons (Fsp3) is 0.462. The summed E-state index contributed by atoms with van der Waals surface area (Å²) < 4.78 is 13.3. The molecule has 0 fully saturated rings. The Kier molecular flexibility index (Phi) is 6.88. The lowest BCUT2D eigenvalue weighted by atomic mass is 9.94. The molecule has 1 aromatic carbocycles. The predicted molar refractivity (Wildman–Crippen MR) is 73.5 cm³/mol. The van der Waals surface area contributed by atoms with Crippen LogP contribution in [0.1, 0.15) is 37.0 Å². The lowest BCUT2D eigenvalue weighted by molar-refractivity contribution is 0.0938. The quantitative estimate of drug-likeness (QED) is 0.867. The number of nitrogens with one attached hydrogen (secondary N) is 1. The van der Waals surface area contributed by atoms with Gasteiger partial charge in [-0.1, -0.05) is 26.0 Å². The van der Waals surface area contributed by atoms with E-state index < -0.39 is 17.3 Å². The van der Waals surface area contributed by atoms with Crippen molar-refractivity contribution in [3.63, 3.8) is 0 Å². The molecule has 1 rings (SSSR count). The van der Waals surface area contributed by atoms with Gasteiger partial charge in [-0.25, -0.2) is 4.39 Å². The van der Waals surface area contributed by atoms with Crippen molar-refractivity contribution in [2.24, 2.45) is 5.73 Å². The van der Waals surface area contributed by atoms with E-state index in [1.807, 2.05) is 13.8 Å². The second-order valence-electron chi connectivity index (χ2n) is 4.23. The Labute approximate surface area is 113 Å². The highest BCUT2D eigenvalue weighted by atomic mass is 35.5.